The molecule has 306 valence electrons. The fourth-order valence-electron chi connectivity index (χ4n) is 8.64. The molecule has 0 spiro atoms. The van der Waals surface area contributed by atoms with E-state index in [1.165, 1.54) is 18.2 Å². The van der Waals surface area contributed by atoms with Crippen LogP contribution in [-0.2, 0) is 6.18 Å². The lowest BCUT2D eigenvalue weighted by molar-refractivity contribution is -0.137. The molecule has 0 saturated heterocycles. The molecule has 0 fully saturated rings. The Morgan fingerprint density at radius 3 is 1.52 bits per heavy atom. The van der Waals surface area contributed by atoms with Gasteiger partial charge in [0.2, 0.25) is 0 Å². The summed E-state index contributed by atoms with van der Waals surface area (Å²) in [6.45, 7) is 5.76. The Bertz CT molecular complexity index is 3810. The number of allylic oxidation sites excluding steroid dienone is 3. The largest absolute Gasteiger partial charge is 0.416 e. The van der Waals surface area contributed by atoms with Crippen LogP contribution >= 0.6 is 0 Å². The van der Waals surface area contributed by atoms with E-state index in [4.69, 9.17) is 0 Å². The van der Waals surface area contributed by atoms with Crippen molar-refractivity contribution in [3.05, 3.63) is 185 Å². The lowest BCUT2D eigenvalue weighted by atomic mass is 9.97. The van der Waals surface area contributed by atoms with Gasteiger partial charge in [0.05, 0.1) is 85.8 Å². The van der Waals surface area contributed by atoms with Crippen LogP contribution in [0, 0.1) is 56.7 Å². The van der Waals surface area contributed by atoms with Gasteiger partial charge in [-0.05, 0) is 114 Å². The van der Waals surface area contributed by atoms with Crippen molar-refractivity contribution < 1.29 is 13.2 Å². The number of para-hydroxylation sites is 2. The minimum absolute atomic E-state index is 0.0914. The molecule has 0 N–H and O–H groups in total. The first-order chi connectivity index (χ1) is 31.5. The zero-order chi connectivity index (χ0) is 45.6. The van der Waals surface area contributed by atoms with Gasteiger partial charge in [0.15, 0.2) is 0 Å². The number of hydrogen-bond acceptors (Lipinski definition) is 6. The quantitative estimate of drug-likeness (QED) is 0.116. The second-order valence-corrected chi connectivity index (χ2v) is 15.2. The minimum Gasteiger partial charge on any atom is -0.313 e. The summed E-state index contributed by atoms with van der Waals surface area (Å²) in [6.07, 6.45) is -3.12. The maximum atomic E-state index is 14.7. The van der Waals surface area contributed by atoms with Crippen molar-refractivity contribution in [2.24, 2.45) is 4.99 Å². The van der Waals surface area contributed by atoms with Gasteiger partial charge in [-0.1, -0.05) is 72.8 Å². The summed E-state index contributed by atoms with van der Waals surface area (Å²) in [7, 11) is 0. The molecule has 8 nitrogen and oxygen atoms in total. The van der Waals surface area contributed by atoms with Gasteiger partial charge in [0.1, 0.15) is 5.82 Å². The van der Waals surface area contributed by atoms with Gasteiger partial charge in [0, 0.05) is 32.8 Å². The predicted molar refractivity (Wildman–Crippen MR) is 247 cm³/mol. The van der Waals surface area contributed by atoms with Gasteiger partial charge < -0.3 is 4.57 Å². The molecule has 2 aromatic heterocycles. The number of nitrogens with zero attached hydrogens (tertiary/aromatic N) is 8. The van der Waals surface area contributed by atoms with Gasteiger partial charge in [-0.2, -0.15) is 39.5 Å². The number of aromatic nitrogens is 2. The molecule has 65 heavy (non-hydrogen) atoms. The third-order valence-corrected chi connectivity index (χ3v) is 11.6. The molecule has 0 aliphatic heterocycles. The molecule has 11 heteroatoms. The van der Waals surface area contributed by atoms with Crippen molar-refractivity contribution >= 4 is 67.4 Å². The number of fused-ring (bicyclic) bond motifs is 6. The van der Waals surface area contributed by atoms with Gasteiger partial charge >= 0.3 is 6.18 Å². The van der Waals surface area contributed by atoms with Crippen LogP contribution in [0.5, 0.6) is 0 Å². The van der Waals surface area contributed by atoms with E-state index >= 15 is 0 Å². The van der Waals surface area contributed by atoms with E-state index < -0.39 is 11.7 Å². The fraction of sp³-hybridized carbons (Fsp3) is 0.0370. The number of halogens is 3. The van der Waals surface area contributed by atoms with Crippen LogP contribution in [0.25, 0.3) is 83.0 Å². The van der Waals surface area contributed by atoms with Crippen LogP contribution < -0.4 is 0 Å². The molecule has 7 aromatic carbocycles. The summed E-state index contributed by atoms with van der Waals surface area (Å²) in [6, 6.07) is 50.2. The molecule has 0 bridgehead atoms. The van der Waals surface area contributed by atoms with Crippen LogP contribution in [0.4, 0.5) is 13.2 Å². The number of alkyl halides is 3. The molecule has 0 amide bonds. The van der Waals surface area contributed by atoms with Crippen LogP contribution in [0.3, 0.4) is 0 Å². The third kappa shape index (κ3) is 7.01. The lowest BCUT2D eigenvalue weighted by Gasteiger charge is -2.18. The lowest BCUT2D eigenvalue weighted by Crippen LogP contribution is -2.07. The molecular weight excluding hydrogens is 818 g/mol. The molecule has 2 heterocycles. The molecular formula is C54H29F3N8. The zero-order valence-electron chi connectivity index (χ0n) is 34.3. The highest BCUT2D eigenvalue weighted by Crippen LogP contribution is 2.41. The van der Waals surface area contributed by atoms with Gasteiger partial charge in [0.25, 0.3) is 0 Å². The van der Waals surface area contributed by atoms with Gasteiger partial charge in [-0.25, -0.2) is 4.99 Å². The van der Waals surface area contributed by atoms with E-state index in [-0.39, 0.29) is 16.9 Å². The van der Waals surface area contributed by atoms with E-state index in [9.17, 15) is 39.5 Å². The van der Waals surface area contributed by atoms with E-state index in [0.717, 1.165) is 44.7 Å². The minimum atomic E-state index is -4.79. The van der Waals surface area contributed by atoms with Crippen molar-refractivity contribution in [1.29, 1.82) is 26.3 Å². The van der Waals surface area contributed by atoms with Crippen LogP contribution in [-0.4, -0.2) is 15.9 Å². The Balaban J connectivity index is 1.38. The molecule has 0 saturated carbocycles. The second-order valence-electron chi connectivity index (χ2n) is 15.2. The van der Waals surface area contributed by atoms with E-state index in [0.29, 0.717) is 66.8 Å². The zero-order valence-corrected chi connectivity index (χ0v) is 34.3. The number of aliphatic imine (C=N–C) groups is 1. The number of rotatable bonds is 7. The molecule has 0 unspecified atom stereocenters. The fourth-order valence-corrected chi connectivity index (χ4v) is 8.64. The van der Waals surface area contributed by atoms with E-state index in [1.807, 2.05) is 100 Å². The van der Waals surface area contributed by atoms with E-state index in [1.54, 1.807) is 37.3 Å². The molecule has 0 radical (unpaired) electrons. The van der Waals surface area contributed by atoms with Crippen molar-refractivity contribution in [3.63, 3.8) is 0 Å². The standard InChI is InChI=1S/C54H29F3N8/c1-32(64-49-9-5-3-7-44(49)46-17-13-36(24-51(46)64)42-15-11-33(27-58)19-39(42)30-61)48(38-21-35(29-60)22-41(23-38)54(55,56)57)26-53(63-2)65-50-10-6-4-8-45(50)47-18-14-37(25-52(47)65)43-16-12-34(28-59)20-40(43)31-62/h3-26H,2H2,1H3/b48-32+,53-26+. The van der Waals surface area contributed by atoms with E-state index in [2.05, 4.69) is 36.0 Å². The number of benzene rings is 7. The monoisotopic (exact) mass is 846 g/mol. The van der Waals surface area contributed by atoms with Crippen molar-refractivity contribution in [2.45, 2.75) is 13.1 Å². The summed E-state index contributed by atoms with van der Waals surface area (Å²) in [5.41, 5.74) is 6.27. The summed E-state index contributed by atoms with van der Waals surface area (Å²) in [5.74, 6) is 0.247. The Morgan fingerprint density at radius 2 is 1.03 bits per heavy atom. The molecule has 9 rings (SSSR count). The highest BCUT2D eigenvalue weighted by molar-refractivity contribution is 6.14. The topological polar surface area (TPSA) is 141 Å². The maximum Gasteiger partial charge on any atom is 0.416 e. The van der Waals surface area contributed by atoms with Gasteiger partial charge in [-0.15, -0.1) is 0 Å². The maximum absolute atomic E-state index is 14.7. The van der Waals surface area contributed by atoms with Crippen molar-refractivity contribution in [2.75, 3.05) is 0 Å². The normalized spacial score (nSPS) is 12.0. The van der Waals surface area contributed by atoms with Crippen molar-refractivity contribution in [1.82, 2.24) is 9.13 Å². The van der Waals surface area contributed by atoms with Crippen molar-refractivity contribution in [3.8, 4) is 52.6 Å². The molecule has 0 aliphatic rings. The highest BCUT2D eigenvalue weighted by atomic mass is 19.4. The van der Waals surface area contributed by atoms with Gasteiger partial charge in [-0.3, -0.25) is 4.57 Å². The molecule has 0 atom stereocenters. The van der Waals surface area contributed by atoms with Crippen LogP contribution in [0.2, 0.25) is 0 Å². The highest BCUT2D eigenvalue weighted by Gasteiger charge is 2.32. The average molecular weight is 847 g/mol. The summed E-state index contributed by atoms with van der Waals surface area (Å²) >= 11 is 0. The Labute approximate surface area is 370 Å². The second kappa shape index (κ2) is 16.1. The predicted octanol–water partition coefficient (Wildman–Crippen LogP) is 13.2. The number of hydrogen-bond donors (Lipinski definition) is 0. The number of nitriles is 5. The van der Waals surface area contributed by atoms with Crippen LogP contribution in [0.15, 0.2) is 151 Å². The molecule has 0 aliphatic carbocycles. The summed E-state index contributed by atoms with van der Waals surface area (Å²) in [5, 5.41) is 52.7. The molecule has 9 aromatic rings. The Hall–Kier alpha value is -9.47. The first-order valence-electron chi connectivity index (χ1n) is 20.0. The Kier molecular flexibility index (Phi) is 10.1. The van der Waals surface area contributed by atoms with Crippen LogP contribution in [0.1, 0.15) is 45.9 Å². The third-order valence-electron chi connectivity index (χ3n) is 11.6. The SMILES string of the molecule is C=N/C(=C\C(=C(\C)n1c2ccccc2c2ccc(-c3ccc(C#N)cc3C#N)cc21)c1cc(C#N)cc(C(F)(F)F)c1)n1c2ccccc2c2ccc(-c3ccc(C#N)cc3C#N)cc21. The smallest absolute Gasteiger partial charge is 0.313 e. The first-order valence-corrected chi connectivity index (χ1v) is 20.0. The summed E-state index contributed by atoms with van der Waals surface area (Å²) in [4.78, 5) is 4.55. The average Bonchev–Trinajstić information content (AvgIpc) is 3.85. The first kappa shape index (κ1) is 40.9. The summed E-state index contributed by atoms with van der Waals surface area (Å²) < 4.78 is 47.8. The Morgan fingerprint density at radius 1 is 0.538 bits per heavy atom.